The summed E-state index contributed by atoms with van der Waals surface area (Å²) in [5.74, 6) is -0.927. The molecule has 0 saturated carbocycles. The molecule has 0 aromatic carbocycles. The number of hydrogen-bond acceptors (Lipinski definition) is 6. The van der Waals surface area contributed by atoms with Crippen molar-refractivity contribution in [2.24, 2.45) is 0 Å². The number of hydrogen-bond donors (Lipinski definition) is 2. The zero-order valence-corrected chi connectivity index (χ0v) is 18.8. The fourth-order valence-electron chi connectivity index (χ4n) is 3.28. The van der Waals surface area contributed by atoms with E-state index >= 15 is 0 Å². The molecule has 0 unspecified atom stereocenters. The van der Waals surface area contributed by atoms with Crippen molar-refractivity contribution in [2.45, 2.75) is 39.4 Å². The number of rotatable bonds is 10. The van der Waals surface area contributed by atoms with Crippen LogP contribution in [0.3, 0.4) is 0 Å². The summed E-state index contributed by atoms with van der Waals surface area (Å²) in [5, 5.41) is 12.8. The number of alkyl halides is 4. The normalized spacial score (nSPS) is 11.4. The lowest BCUT2D eigenvalue weighted by Crippen LogP contribution is -2.25. The molecule has 4 aromatic heterocycles. The Hall–Kier alpha value is -4.36. The van der Waals surface area contributed by atoms with Crippen LogP contribution >= 0.6 is 0 Å². The number of aryl methyl sites for hydroxylation is 1. The monoisotopic (exact) mass is 508 g/mol. The van der Waals surface area contributed by atoms with E-state index in [2.05, 4.69) is 20.8 Å². The maximum atomic E-state index is 13.2. The highest BCUT2D eigenvalue weighted by atomic mass is 19.3. The molecule has 4 heterocycles. The minimum atomic E-state index is -3.03. The van der Waals surface area contributed by atoms with E-state index in [9.17, 15) is 27.2 Å². The van der Waals surface area contributed by atoms with Gasteiger partial charge in [-0.15, -0.1) is 0 Å². The molecular formula is C22H20F4N6O4. The zero-order valence-electron chi connectivity index (χ0n) is 18.8. The number of halogens is 4. The Labute approximate surface area is 200 Å². The third-order valence-electron chi connectivity index (χ3n) is 5.02. The van der Waals surface area contributed by atoms with Crippen molar-refractivity contribution in [3.63, 3.8) is 0 Å². The van der Waals surface area contributed by atoms with Gasteiger partial charge in [-0.2, -0.15) is 10.2 Å². The van der Waals surface area contributed by atoms with Gasteiger partial charge in [0.1, 0.15) is 22.9 Å². The lowest BCUT2D eigenvalue weighted by Gasteiger charge is -2.05. The Bertz CT molecular complexity index is 1340. The first-order valence-electron chi connectivity index (χ1n) is 10.7. The van der Waals surface area contributed by atoms with Gasteiger partial charge < -0.3 is 19.5 Å². The van der Waals surface area contributed by atoms with Gasteiger partial charge in [0.2, 0.25) is 0 Å². The third kappa shape index (κ3) is 5.47. The molecule has 0 atom stereocenters. The van der Waals surface area contributed by atoms with Crippen LogP contribution in [0.25, 0.3) is 0 Å². The van der Waals surface area contributed by atoms with Crippen LogP contribution in [0.5, 0.6) is 0 Å². The summed E-state index contributed by atoms with van der Waals surface area (Å²) >= 11 is 0. The van der Waals surface area contributed by atoms with E-state index < -0.39 is 42.6 Å². The molecule has 0 aliphatic carbocycles. The maximum absolute atomic E-state index is 13.2. The molecule has 0 radical (unpaired) electrons. The standard InChI is InChI=1S/C22H20F4N6O4/c1-2-31-11-15(18(30-31)22(34)27-9-12-4-3-7-35-12)28-21(33)17-6-5-13(36-17)10-32-16(20(25)26)8-14(29-32)19(23)24/h3-8,11,19-20H,2,9-10H2,1H3,(H,27,34)(H,28,33). The average Bonchev–Trinajstić information content (AvgIpc) is 3.64. The molecule has 4 aromatic rings. The second-order valence-electron chi connectivity index (χ2n) is 7.48. The van der Waals surface area contributed by atoms with Gasteiger partial charge in [-0.05, 0) is 37.3 Å². The fourth-order valence-corrected chi connectivity index (χ4v) is 3.28. The minimum Gasteiger partial charge on any atom is -0.467 e. The average molecular weight is 508 g/mol. The summed E-state index contributed by atoms with van der Waals surface area (Å²) < 4.78 is 64.9. The number of nitrogens with one attached hydrogen (secondary N) is 2. The van der Waals surface area contributed by atoms with Crippen molar-refractivity contribution in [1.29, 1.82) is 0 Å². The topological polar surface area (TPSA) is 120 Å². The Morgan fingerprint density at radius 1 is 1.06 bits per heavy atom. The maximum Gasteiger partial charge on any atom is 0.291 e. The van der Waals surface area contributed by atoms with Crippen LogP contribution in [0.1, 0.15) is 63.7 Å². The van der Waals surface area contributed by atoms with Crippen molar-refractivity contribution in [1.82, 2.24) is 24.9 Å². The van der Waals surface area contributed by atoms with E-state index in [1.165, 1.54) is 29.3 Å². The number of furan rings is 2. The summed E-state index contributed by atoms with van der Waals surface area (Å²) in [5.41, 5.74) is -1.42. The van der Waals surface area contributed by atoms with Crippen LogP contribution < -0.4 is 10.6 Å². The van der Waals surface area contributed by atoms with E-state index in [1.807, 2.05) is 0 Å². The van der Waals surface area contributed by atoms with E-state index in [0.29, 0.717) is 23.1 Å². The third-order valence-corrected chi connectivity index (χ3v) is 5.02. The van der Waals surface area contributed by atoms with Gasteiger partial charge in [-0.1, -0.05) is 0 Å². The molecule has 10 nitrogen and oxygen atoms in total. The zero-order chi connectivity index (χ0) is 25.8. The molecule has 0 bridgehead atoms. The highest BCUT2D eigenvalue weighted by Crippen LogP contribution is 2.26. The van der Waals surface area contributed by atoms with Crippen molar-refractivity contribution >= 4 is 17.5 Å². The van der Waals surface area contributed by atoms with Crippen LogP contribution in [-0.2, 0) is 19.6 Å². The van der Waals surface area contributed by atoms with Gasteiger partial charge in [0.25, 0.3) is 24.7 Å². The molecule has 0 aliphatic heterocycles. The van der Waals surface area contributed by atoms with Gasteiger partial charge in [0, 0.05) is 12.7 Å². The number of aromatic nitrogens is 4. The Kier molecular flexibility index (Phi) is 7.22. The molecule has 4 rings (SSSR count). The van der Waals surface area contributed by atoms with Crippen LogP contribution in [-0.4, -0.2) is 31.4 Å². The molecule has 14 heteroatoms. The smallest absolute Gasteiger partial charge is 0.291 e. The van der Waals surface area contributed by atoms with Gasteiger partial charge in [-0.3, -0.25) is 19.0 Å². The summed E-state index contributed by atoms with van der Waals surface area (Å²) in [6.07, 6.45) is -3.12. The van der Waals surface area contributed by atoms with Crippen LogP contribution in [0.4, 0.5) is 23.2 Å². The van der Waals surface area contributed by atoms with E-state index in [1.54, 1.807) is 19.1 Å². The molecule has 0 spiro atoms. The summed E-state index contributed by atoms with van der Waals surface area (Å²) in [6, 6.07) is 6.60. The number of nitrogens with zero attached hydrogens (tertiary/aromatic N) is 4. The van der Waals surface area contributed by atoms with E-state index in [0.717, 1.165) is 0 Å². The van der Waals surface area contributed by atoms with Gasteiger partial charge in [0.15, 0.2) is 11.5 Å². The molecule has 2 amide bonds. The fraction of sp³-hybridized carbons (Fsp3) is 0.273. The molecule has 2 N–H and O–H groups in total. The minimum absolute atomic E-state index is 0.0339. The lowest BCUT2D eigenvalue weighted by molar-refractivity contribution is 0.0943. The second kappa shape index (κ2) is 10.5. The highest BCUT2D eigenvalue weighted by molar-refractivity contribution is 6.07. The Morgan fingerprint density at radius 2 is 1.86 bits per heavy atom. The lowest BCUT2D eigenvalue weighted by atomic mass is 10.3. The molecule has 0 aliphatic rings. The molecular weight excluding hydrogens is 488 g/mol. The van der Waals surface area contributed by atoms with E-state index in [-0.39, 0.29) is 29.4 Å². The first-order valence-corrected chi connectivity index (χ1v) is 10.7. The van der Waals surface area contributed by atoms with Crippen molar-refractivity contribution in [3.8, 4) is 0 Å². The predicted octanol–water partition coefficient (Wildman–Crippen LogP) is 4.39. The van der Waals surface area contributed by atoms with Crippen LogP contribution in [0, 0.1) is 0 Å². The number of anilines is 1. The van der Waals surface area contributed by atoms with Crippen LogP contribution in [0.2, 0.25) is 0 Å². The van der Waals surface area contributed by atoms with Gasteiger partial charge in [0.05, 0.1) is 25.0 Å². The molecule has 190 valence electrons. The van der Waals surface area contributed by atoms with Crippen LogP contribution in [0.15, 0.2) is 51.6 Å². The van der Waals surface area contributed by atoms with Crippen molar-refractivity contribution < 1.29 is 36.0 Å². The van der Waals surface area contributed by atoms with Gasteiger partial charge in [-0.25, -0.2) is 17.6 Å². The van der Waals surface area contributed by atoms with Crippen molar-refractivity contribution in [2.75, 3.05) is 5.32 Å². The number of carbonyl (C=O) groups is 2. The first kappa shape index (κ1) is 24.8. The Morgan fingerprint density at radius 3 is 2.53 bits per heavy atom. The Balaban J connectivity index is 1.47. The molecule has 36 heavy (non-hydrogen) atoms. The van der Waals surface area contributed by atoms with Crippen molar-refractivity contribution in [3.05, 3.63) is 77.2 Å². The first-order chi connectivity index (χ1) is 17.2. The molecule has 0 fully saturated rings. The quantitative estimate of drug-likeness (QED) is 0.307. The highest BCUT2D eigenvalue weighted by Gasteiger charge is 2.23. The number of amides is 2. The van der Waals surface area contributed by atoms with E-state index in [4.69, 9.17) is 8.83 Å². The van der Waals surface area contributed by atoms with Gasteiger partial charge >= 0.3 is 0 Å². The largest absolute Gasteiger partial charge is 0.467 e. The summed E-state index contributed by atoms with van der Waals surface area (Å²) in [4.78, 5) is 25.4. The molecule has 0 saturated heterocycles. The summed E-state index contributed by atoms with van der Waals surface area (Å²) in [7, 11) is 0. The SMILES string of the molecule is CCn1cc(NC(=O)c2ccc(Cn3nc(C(F)F)cc3C(F)F)o2)c(C(=O)NCc2ccco2)n1. The predicted molar refractivity (Wildman–Crippen MR) is 116 cm³/mol. The number of carbonyl (C=O) groups excluding carboxylic acids is 2. The second-order valence-corrected chi connectivity index (χ2v) is 7.48. The summed E-state index contributed by atoms with van der Waals surface area (Å²) in [6.45, 7) is 1.94.